The second-order valence-electron chi connectivity index (χ2n) is 4.67. The standard InChI is InChI=1S/C15H20N2O3/c1-12(15(18)19-3)11-17(2)8-9-20-14-6-4-13(10-16)5-7-14/h4-7,12H,8-9,11H2,1-3H3. The minimum absolute atomic E-state index is 0.153. The molecule has 0 aliphatic carbocycles. The molecule has 1 rings (SSSR count). The van der Waals surface area contributed by atoms with Crippen LogP contribution in [0.1, 0.15) is 12.5 Å². The Kier molecular flexibility index (Phi) is 6.54. The van der Waals surface area contributed by atoms with Gasteiger partial charge in [0.1, 0.15) is 12.4 Å². The van der Waals surface area contributed by atoms with Crippen molar-refractivity contribution < 1.29 is 14.3 Å². The molecule has 0 N–H and O–H groups in total. The first-order chi connectivity index (χ1) is 9.56. The van der Waals surface area contributed by atoms with Gasteiger partial charge in [0.15, 0.2) is 0 Å². The molecule has 108 valence electrons. The zero-order valence-corrected chi connectivity index (χ0v) is 12.1. The van der Waals surface area contributed by atoms with Gasteiger partial charge in [0.05, 0.1) is 24.7 Å². The summed E-state index contributed by atoms with van der Waals surface area (Å²) in [5, 5.41) is 8.69. The van der Waals surface area contributed by atoms with E-state index in [1.807, 2.05) is 18.9 Å². The van der Waals surface area contributed by atoms with Crippen molar-refractivity contribution in [1.29, 1.82) is 5.26 Å². The van der Waals surface area contributed by atoms with Crippen LogP contribution in [0, 0.1) is 17.2 Å². The summed E-state index contributed by atoms with van der Waals surface area (Å²) in [5.41, 5.74) is 0.612. The van der Waals surface area contributed by atoms with E-state index in [2.05, 4.69) is 10.8 Å². The molecule has 20 heavy (non-hydrogen) atoms. The summed E-state index contributed by atoms with van der Waals surface area (Å²) >= 11 is 0. The predicted octanol–water partition coefficient (Wildman–Crippen LogP) is 1.68. The molecule has 0 saturated carbocycles. The highest BCUT2D eigenvalue weighted by Crippen LogP contribution is 2.11. The highest BCUT2D eigenvalue weighted by molar-refractivity contribution is 5.72. The molecule has 0 spiro atoms. The lowest BCUT2D eigenvalue weighted by atomic mass is 10.2. The Bertz CT molecular complexity index is 465. The quantitative estimate of drug-likeness (QED) is 0.709. The van der Waals surface area contributed by atoms with Gasteiger partial charge < -0.3 is 14.4 Å². The molecule has 0 bridgehead atoms. The Balaban J connectivity index is 2.29. The molecule has 0 heterocycles. The van der Waals surface area contributed by atoms with Crippen molar-refractivity contribution in [2.45, 2.75) is 6.92 Å². The summed E-state index contributed by atoms with van der Waals surface area (Å²) in [7, 11) is 3.33. The molecule has 0 saturated heterocycles. The van der Waals surface area contributed by atoms with Crippen molar-refractivity contribution >= 4 is 5.97 Å². The Labute approximate surface area is 119 Å². The van der Waals surface area contributed by atoms with E-state index >= 15 is 0 Å². The first-order valence-corrected chi connectivity index (χ1v) is 6.46. The summed E-state index contributed by atoms with van der Waals surface area (Å²) in [4.78, 5) is 13.3. The van der Waals surface area contributed by atoms with Gasteiger partial charge in [0.25, 0.3) is 0 Å². The number of ether oxygens (including phenoxy) is 2. The topological polar surface area (TPSA) is 62.6 Å². The molecular formula is C15H20N2O3. The average molecular weight is 276 g/mol. The second-order valence-corrected chi connectivity index (χ2v) is 4.67. The number of benzene rings is 1. The average Bonchev–Trinajstić information content (AvgIpc) is 2.47. The zero-order valence-electron chi connectivity index (χ0n) is 12.1. The molecule has 0 radical (unpaired) electrons. The fraction of sp³-hybridized carbons (Fsp3) is 0.467. The third-order valence-electron chi connectivity index (χ3n) is 2.91. The Morgan fingerprint density at radius 3 is 2.60 bits per heavy atom. The zero-order chi connectivity index (χ0) is 15.0. The van der Waals surface area contributed by atoms with Gasteiger partial charge in [0.2, 0.25) is 0 Å². The van der Waals surface area contributed by atoms with Crippen LogP contribution >= 0.6 is 0 Å². The molecule has 1 atom stereocenters. The minimum atomic E-state index is -0.204. The summed E-state index contributed by atoms with van der Waals surface area (Å²) in [6.45, 7) is 3.70. The van der Waals surface area contributed by atoms with Crippen molar-refractivity contribution in [2.24, 2.45) is 5.92 Å². The number of rotatable bonds is 7. The monoisotopic (exact) mass is 276 g/mol. The van der Waals surface area contributed by atoms with E-state index in [0.29, 0.717) is 25.3 Å². The van der Waals surface area contributed by atoms with Crippen LogP contribution in [-0.2, 0) is 9.53 Å². The number of nitrogens with zero attached hydrogens (tertiary/aromatic N) is 2. The van der Waals surface area contributed by atoms with Crippen LogP contribution in [0.15, 0.2) is 24.3 Å². The number of carbonyl (C=O) groups excluding carboxylic acids is 1. The third-order valence-corrected chi connectivity index (χ3v) is 2.91. The first-order valence-electron chi connectivity index (χ1n) is 6.46. The molecular weight excluding hydrogens is 256 g/mol. The van der Waals surface area contributed by atoms with Crippen molar-refractivity contribution in [3.8, 4) is 11.8 Å². The SMILES string of the molecule is COC(=O)C(C)CN(C)CCOc1ccc(C#N)cc1. The number of hydrogen-bond acceptors (Lipinski definition) is 5. The third kappa shape index (κ3) is 5.29. The van der Waals surface area contributed by atoms with Crippen molar-refractivity contribution in [1.82, 2.24) is 4.90 Å². The van der Waals surface area contributed by atoms with Crippen molar-refractivity contribution in [3.63, 3.8) is 0 Å². The number of hydrogen-bond donors (Lipinski definition) is 0. The van der Waals surface area contributed by atoms with Gasteiger partial charge >= 0.3 is 5.97 Å². The Morgan fingerprint density at radius 2 is 2.05 bits per heavy atom. The van der Waals surface area contributed by atoms with Gasteiger partial charge in [-0.3, -0.25) is 4.79 Å². The van der Waals surface area contributed by atoms with Crippen molar-refractivity contribution in [3.05, 3.63) is 29.8 Å². The van der Waals surface area contributed by atoms with Crippen LogP contribution in [0.4, 0.5) is 0 Å². The highest BCUT2D eigenvalue weighted by Gasteiger charge is 2.15. The van der Waals surface area contributed by atoms with Gasteiger partial charge in [-0.2, -0.15) is 5.26 Å². The van der Waals surface area contributed by atoms with Crippen LogP contribution in [0.3, 0.4) is 0 Å². The Hall–Kier alpha value is -2.06. The smallest absolute Gasteiger partial charge is 0.309 e. The van der Waals surface area contributed by atoms with E-state index in [9.17, 15) is 4.79 Å². The van der Waals surface area contributed by atoms with Crippen LogP contribution in [0.5, 0.6) is 5.75 Å². The molecule has 0 aliphatic heterocycles. The second kappa shape index (κ2) is 8.18. The van der Waals surface area contributed by atoms with Gasteiger partial charge in [-0.25, -0.2) is 0 Å². The Morgan fingerprint density at radius 1 is 1.40 bits per heavy atom. The molecule has 1 aromatic carbocycles. The van der Waals surface area contributed by atoms with Crippen LogP contribution in [0.25, 0.3) is 0 Å². The van der Waals surface area contributed by atoms with Crippen LogP contribution in [-0.4, -0.2) is 44.7 Å². The molecule has 5 nitrogen and oxygen atoms in total. The maximum atomic E-state index is 11.3. The van der Waals surface area contributed by atoms with E-state index in [0.717, 1.165) is 5.75 Å². The lowest BCUT2D eigenvalue weighted by molar-refractivity contribution is -0.145. The van der Waals surface area contributed by atoms with Gasteiger partial charge in [-0.05, 0) is 31.3 Å². The summed E-state index contributed by atoms with van der Waals surface area (Å²) in [6, 6.07) is 9.05. The largest absolute Gasteiger partial charge is 0.492 e. The number of likely N-dealkylation sites (N-methyl/N-ethyl adjacent to an activating group) is 1. The predicted molar refractivity (Wildman–Crippen MR) is 75.3 cm³/mol. The number of carbonyl (C=O) groups is 1. The number of methoxy groups -OCH3 is 1. The number of esters is 1. The summed E-state index contributed by atoms with van der Waals surface area (Å²) in [6.07, 6.45) is 0. The van der Waals surface area contributed by atoms with E-state index in [1.54, 1.807) is 24.3 Å². The molecule has 1 unspecified atom stereocenters. The van der Waals surface area contributed by atoms with Crippen molar-refractivity contribution in [2.75, 3.05) is 33.9 Å². The lowest BCUT2D eigenvalue weighted by Crippen LogP contribution is -2.32. The maximum absolute atomic E-state index is 11.3. The normalized spacial score (nSPS) is 11.8. The van der Waals surface area contributed by atoms with E-state index in [1.165, 1.54) is 7.11 Å². The fourth-order valence-corrected chi connectivity index (χ4v) is 1.78. The summed E-state index contributed by atoms with van der Waals surface area (Å²) < 4.78 is 10.3. The van der Waals surface area contributed by atoms with Gasteiger partial charge in [-0.1, -0.05) is 6.92 Å². The van der Waals surface area contributed by atoms with Gasteiger partial charge in [0, 0.05) is 13.1 Å². The van der Waals surface area contributed by atoms with E-state index < -0.39 is 0 Å². The molecule has 0 aliphatic rings. The molecule has 0 fully saturated rings. The lowest BCUT2D eigenvalue weighted by Gasteiger charge is -2.19. The molecule has 5 heteroatoms. The van der Waals surface area contributed by atoms with Crippen LogP contribution < -0.4 is 4.74 Å². The fourth-order valence-electron chi connectivity index (χ4n) is 1.78. The van der Waals surface area contributed by atoms with E-state index in [4.69, 9.17) is 10.00 Å². The van der Waals surface area contributed by atoms with Crippen LogP contribution in [0.2, 0.25) is 0 Å². The van der Waals surface area contributed by atoms with E-state index in [-0.39, 0.29) is 11.9 Å². The molecule has 0 aromatic heterocycles. The summed E-state index contributed by atoms with van der Waals surface area (Å²) in [5.74, 6) is 0.378. The van der Waals surface area contributed by atoms with Gasteiger partial charge in [-0.15, -0.1) is 0 Å². The maximum Gasteiger partial charge on any atom is 0.309 e. The number of nitriles is 1. The molecule has 1 aromatic rings. The molecule has 0 amide bonds. The minimum Gasteiger partial charge on any atom is -0.492 e. The highest BCUT2D eigenvalue weighted by atomic mass is 16.5. The first kappa shape index (κ1) is 16.0.